The van der Waals surface area contributed by atoms with Gasteiger partial charge in [-0.1, -0.05) is 66.7 Å². The highest BCUT2D eigenvalue weighted by Crippen LogP contribution is 2.26. The van der Waals surface area contributed by atoms with Crippen LogP contribution in [0.4, 0.5) is 5.82 Å². The van der Waals surface area contributed by atoms with E-state index in [0.717, 1.165) is 63.7 Å². The number of aromatic nitrogens is 3. The van der Waals surface area contributed by atoms with Crippen molar-refractivity contribution in [2.75, 3.05) is 18.0 Å². The van der Waals surface area contributed by atoms with E-state index in [0.29, 0.717) is 0 Å². The predicted molar refractivity (Wildman–Crippen MR) is 162 cm³/mol. The molecule has 6 nitrogen and oxygen atoms in total. The molecule has 1 aliphatic rings. The van der Waals surface area contributed by atoms with Gasteiger partial charge in [0.05, 0.1) is 46.6 Å². The lowest BCUT2D eigenvalue weighted by Gasteiger charge is -2.36. The predicted octanol–water partition coefficient (Wildman–Crippen LogP) is 6.90. The number of rotatable bonds is 6. The van der Waals surface area contributed by atoms with Crippen LogP contribution in [0.15, 0.2) is 108 Å². The molecule has 2 aromatic carbocycles. The maximum Gasteiger partial charge on any atom is 0.129 e. The number of ether oxygens (including phenoxy) is 1. The second-order valence-electron chi connectivity index (χ2n) is 10.4. The number of hydrogen-bond acceptors (Lipinski definition) is 6. The zero-order chi connectivity index (χ0) is 27.5. The summed E-state index contributed by atoms with van der Waals surface area (Å²) in [4.78, 5) is 22.2. The Morgan fingerprint density at radius 3 is 2.12 bits per heavy atom. The summed E-state index contributed by atoms with van der Waals surface area (Å²) < 4.78 is 5.91. The first-order valence-electron chi connectivity index (χ1n) is 13.9. The molecular weight excluding hydrogens is 494 g/mol. The molecule has 5 aromatic rings. The van der Waals surface area contributed by atoms with Crippen molar-refractivity contribution in [1.29, 1.82) is 0 Å². The van der Waals surface area contributed by atoms with Gasteiger partial charge in [-0.15, -0.1) is 0 Å². The molecule has 0 saturated carbocycles. The topological polar surface area (TPSA) is 63.5 Å². The first-order valence-corrected chi connectivity index (χ1v) is 13.9. The van der Waals surface area contributed by atoms with Crippen LogP contribution in [0.25, 0.3) is 22.3 Å². The van der Waals surface area contributed by atoms with Crippen LogP contribution in [0.3, 0.4) is 0 Å². The molecule has 0 bridgehead atoms. The molecule has 0 radical (unpaired) electrons. The number of hydrogen-bond donors (Lipinski definition) is 0. The van der Waals surface area contributed by atoms with E-state index >= 15 is 0 Å². The number of morpholine rings is 1. The van der Waals surface area contributed by atoms with Gasteiger partial charge in [0.1, 0.15) is 5.82 Å². The maximum absolute atomic E-state index is 5.91. The Hall–Kier alpha value is -4.42. The average Bonchev–Trinajstić information content (AvgIpc) is 2.99. The van der Waals surface area contributed by atoms with E-state index in [1.807, 2.05) is 54.7 Å². The highest BCUT2D eigenvalue weighted by atomic mass is 16.5. The van der Waals surface area contributed by atoms with Crippen LogP contribution in [0, 0.1) is 0 Å². The second kappa shape index (κ2) is 11.4. The Bertz CT molecular complexity index is 1590. The third kappa shape index (κ3) is 5.63. The summed E-state index contributed by atoms with van der Waals surface area (Å²) in [6, 6.07) is 32.7. The third-order valence-electron chi connectivity index (χ3n) is 7.18. The second-order valence-corrected chi connectivity index (χ2v) is 10.4. The number of nitrogens with zero attached hydrogens (tertiary/aromatic N) is 5. The van der Waals surface area contributed by atoms with Crippen LogP contribution in [0.2, 0.25) is 0 Å². The smallest absolute Gasteiger partial charge is 0.129 e. The summed E-state index contributed by atoms with van der Waals surface area (Å²) in [6.45, 7) is 7.95. The highest BCUT2D eigenvalue weighted by Gasteiger charge is 2.23. The van der Waals surface area contributed by atoms with Crippen LogP contribution in [0.5, 0.6) is 0 Å². The molecular formula is C34H33N5O. The summed E-state index contributed by atoms with van der Waals surface area (Å²) in [5.41, 5.74) is 6.56. The standard InChI is InChI=1S/C34H33N5O/c1-23-21-39(22-24(2)40-23)33-16-10-15-29(38-33)30-18-17-28-20-35-31(19-32(28)37-30)25(3)36-34(26-11-6-4-7-12-26)27-13-8-5-9-14-27/h4-20,23-25H,21-22H2,1-3H3/t23-,24+,25?. The average molecular weight is 528 g/mol. The van der Waals surface area contributed by atoms with Gasteiger partial charge in [0, 0.05) is 35.8 Å². The quantitative estimate of drug-likeness (QED) is 0.225. The molecule has 1 saturated heterocycles. The summed E-state index contributed by atoms with van der Waals surface area (Å²) in [7, 11) is 0. The molecule has 0 N–H and O–H groups in total. The van der Waals surface area contributed by atoms with Crippen molar-refractivity contribution in [1.82, 2.24) is 15.0 Å². The Morgan fingerprint density at radius 1 is 0.800 bits per heavy atom. The maximum atomic E-state index is 5.91. The molecule has 0 aliphatic carbocycles. The van der Waals surface area contributed by atoms with Gasteiger partial charge in [0.2, 0.25) is 0 Å². The molecule has 1 fully saturated rings. The molecule has 3 aromatic heterocycles. The minimum Gasteiger partial charge on any atom is -0.372 e. The van der Waals surface area contributed by atoms with E-state index in [1.54, 1.807) is 0 Å². The normalized spacial score (nSPS) is 17.9. The largest absolute Gasteiger partial charge is 0.372 e. The molecule has 200 valence electrons. The lowest BCUT2D eigenvalue weighted by atomic mass is 10.0. The van der Waals surface area contributed by atoms with Gasteiger partial charge in [-0.25, -0.2) is 9.97 Å². The lowest BCUT2D eigenvalue weighted by Crippen LogP contribution is -2.45. The van der Waals surface area contributed by atoms with Gasteiger partial charge >= 0.3 is 0 Å². The molecule has 6 heteroatoms. The molecule has 4 heterocycles. The molecule has 0 amide bonds. The fourth-order valence-corrected chi connectivity index (χ4v) is 5.28. The Balaban J connectivity index is 1.32. The molecule has 3 atom stereocenters. The van der Waals surface area contributed by atoms with E-state index in [4.69, 9.17) is 24.7 Å². The van der Waals surface area contributed by atoms with E-state index in [1.165, 1.54) is 0 Å². The van der Waals surface area contributed by atoms with Crippen molar-refractivity contribution in [2.45, 2.75) is 39.0 Å². The highest BCUT2D eigenvalue weighted by molar-refractivity contribution is 6.13. The summed E-state index contributed by atoms with van der Waals surface area (Å²) >= 11 is 0. The number of benzene rings is 2. The van der Waals surface area contributed by atoms with Gasteiger partial charge in [-0.2, -0.15) is 0 Å². The van der Waals surface area contributed by atoms with Crippen LogP contribution in [0.1, 0.15) is 43.6 Å². The molecule has 0 spiro atoms. The summed E-state index contributed by atoms with van der Waals surface area (Å²) in [5.74, 6) is 0.953. The third-order valence-corrected chi connectivity index (χ3v) is 7.18. The van der Waals surface area contributed by atoms with Gasteiger partial charge < -0.3 is 9.64 Å². The van der Waals surface area contributed by atoms with Crippen molar-refractivity contribution in [3.63, 3.8) is 0 Å². The number of fused-ring (bicyclic) bond motifs is 1. The zero-order valence-corrected chi connectivity index (χ0v) is 23.1. The van der Waals surface area contributed by atoms with Crippen molar-refractivity contribution in [2.24, 2.45) is 4.99 Å². The van der Waals surface area contributed by atoms with Crippen molar-refractivity contribution in [3.05, 3.63) is 120 Å². The number of anilines is 1. The van der Waals surface area contributed by atoms with Crippen molar-refractivity contribution >= 4 is 22.4 Å². The summed E-state index contributed by atoms with van der Waals surface area (Å²) in [5, 5.41) is 0.988. The molecule has 1 aliphatic heterocycles. The van der Waals surface area contributed by atoms with Crippen LogP contribution >= 0.6 is 0 Å². The van der Waals surface area contributed by atoms with E-state index < -0.39 is 0 Å². The van der Waals surface area contributed by atoms with Gasteiger partial charge in [0.25, 0.3) is 0 Å². The monoisotopic (exact) mass is 527 g/mol. The first-order chi connectivity index (χ1) is 19.5. The van der Waals surface area contributed by atoms with Gasteiger partial charge in [-0.05, 0) is 51.1 Å². The molecule has 40 heavy (non-hydrogen) atoms. The fraction of sp³-hybridized carbons (Fsp3) is 0.235. The summed E-state index contributed by atoms with van der Waals surface area (Å²) in [6.07, 6.45) is 2.24. The molecule has 1 unspecified atom stereocenters. The van der Waals surface area contributed by atoms with E-state index in [2.05, 4.69) is 74.2 Å². The van der Waals surface area contributed by atoms with E-state index in [-0.39, 0.29) is 18.2 Å². The van der Waals surface area contributed by atoms with Crippen molar-refractivity contribution in [3.8, 4) is 11.4 Å². The van der Waals surface area contributed by atoms with Gasteiger partial charge in [0.15, 0.2) is 0 Å². The van der Waals surface area contributed by atoms with Crippen LogP contribution in [-0.2, 0) is 4.74 Å². The first kappa shape index (κ1) is 25.8. The van der Waals surface area contributed by atoms with E-state index in [9.17, 15) is 0 Å². The number of pyridine rings is 3. The van der Waals surface area contributed by atoms with Crippen molar-refractivity contribution < 1.29 is 4.74 Å². The van der Waals surface area contributed by atoms with Crippen LogP contribution in [-0.4, -0.2) is 46.0 Å². The minimum absolute atomic E-state index is 0.156. The Labute approximate surface area is 235 Å². The number of aliphatic imine (C=N–C) groups is 1. The van der Waals surface area contributed by atoms with Crippen LogP contribution < -0.4 is 4.90 Å². The fourth-order valence-electron chi connectivity index (χ4n) is 5.28. The lowest BCUT2D eigenvalue weighted by molar-refractivity contribution is -0.00545. The van der Waals surface area contributed by atoms with Gasteiger partial charge in [-0.3, -0.25) is 9.98 Å². The zero-order valence-electron chi connectivity index (χ0n) is 23.1. The SMILES string of the molecule is CC(N=C(c1ccccc1)c1ccccc1)c1cc2nc(-c3cccc(N4C[C@@H](C)O[C@@H](C)C4)n3)ccc2cn1. The Kier molecular flexibility index (Phi) is 7.34. The Morgan fingerprint density at radius 2 is 1.45 bits per heavy atom. The molecule has 6 rings (SSSR count). The minimum atomic E-state index is -0.156.